The molecule has 0 N–H and O–H groups in total. The number of aromatic nitrogens is 4. The molecule has 0 saturated heterocycles. The lowest BCUT2D eigenvalue weighted by molar-refractivity contribution is 0.661. The molecule has 0 atom stereocenters. The molecule has 0 bridgehead atoms. The maximum atomic E-state index is 6.99. The van der Waals surface area contributed by atoms with Crippen molar-refractivity contribution >= 4 is 65.7 Å². The molecule has 13 aromatic rings. The van der Waals surface area contributed by atoms with Gasteiger partial charge in [-0.2, -0.15) is 4.98 Å². The van der Waals surface area contributed by atoms with Gasteiger partial charge in [-0.25, -0.2) is 4.98 Å². The van der Waals surface area contributed by atoms with Crippen molar-refractivity contribution in [3.05, 3.63) is 229 Å². The Hall–Kier alpha value is -8.54. The van der Waals surface area contributed by atoms with Gasteiger partial charge in [0.25, 0.3) is 0 Å². The molecule has 0 fully saturated rings. The van der Waals surface area contributed by atoms with Gasteiger partial charge in [-0.3, -0.25) is 9.13 Å². The molecule has 296 valence electrons. The predicted molar refractivity (Wildman–Crippen MR) is 260 cm³/mol. The highest BCUT2D eigenvalue weighted by Gasteiger charge is 2.52. The molecule has 5 heteroatoms. The molecule has 2 aliphatic rings. The average molecular weight is 815 g/mol. The van der Waals surface area contributed by atoms with Crippen molar-refractivity contribution in [3.63, 3.8) is 0 Å². The molecule has 9 aromatic carbocycles. The van der Waals surface area contributed by atoms with E-state index in [1.165, 1.54) is 50.1 Å². The Morgan fingerprint density at radius 1 is 0.375 bits per heavy atom. The Morgan fingerprint density at radius 3 is 1.44 bits per heavy atom. The van der Waals surface area contributed by atoms with Crippen LogP contribution in [0, 0.1) is 0 Å². The molecule has 0 amide bonds. The lowest BCUT2D eigenvalue weighted by Gasteiger charge is -2.30. The molecule has 4 aromatic heterocycles. The number of hydrogen-bond acceptors (Lipinski definition) is 3. The van der Waals surface area contributed by atoms with E-state index in [4.69, 9.17) is 14.4 Å². The summed E-state index contributed by atoms with van der Waals surface area (Å²) in [7, 11) is 0. The summed E-state index contributed by atoms with van der Waals surface area (Å²) >= 11 is 0. The zero-order valence-electron chi connectivity index (χ0n) is 34.3. The van der Waals surface area contributed by atoms with Crippen LogP contribution in [-0.4, -0.2) is 19.1 Å². The van der Waals surface area contributed by atoms with Crippen LogP contribution >= 0.6 is 0 Å². The van der Waals surface area contributed by atoms with Gasteiger partial charge in [0.05, 0.1) is 27.5 Å². The number of fused-ring (bicyclic) bond motifs is 19. The lowest BCUT2D eigenvalue weighted by atomic mass is 9.70. The Bertz CT molecular complexity index is 4010. The van der Waals surface area contributed by atoms with Crippen LogP contribution in [0.25, 0.3) is 111 Å². The zero-order chi connectivity index (χ0) is 41.7. The standard InChI is InChI=1S/C59H34N4O/c1-8-24-45-37(16-1)38-17-2-9-25-46(38)59(45)47-26-10-3-22-43(47)54-36(23-15-27-48(54)59)35-32-33-53-44(34-35)55-56(64-53)57(62-49-28-11-4-18-39(49)40-19-5-12-29-50(40)62)61-58(60-55)63-51-30-13-6-20-41(51)42-21-7-14-31-52(42)63/h1-34H. The fraction of sp³-hybridized carbons (Fsp3) is 0.0169. The minimum Gasteiger partial charge on any atom is -0.450 e. The average Bonchev–Trinajstić information content (AvgIpc) is 4.15. The van der Waals surface area contributed by atoms with Crippen molar-refractivity contribution in [3.8, 4) is 45.1 Å². The number of rotatable bonds is 3. The first-order chi connectivity index (χ1) is 31.8. The second-order valence-electron chi connectivity index (χ2n) is 17.2. The normalized spacial score (nSPS) is 13.4. The van der Waals surface area contributed by atoms with Crippen molar-refractivity contribution in [2.75, 3.05) is 0 Å². The molecule has 1 spiro atoms. The number of benzene rings is 9. The predicted octanol–water partition coefficient (Wildman–Crippen LogP) is 14.6. The molecule has 4 heterocycles. The fourth-order valence-corrected chi connectivity index (χ4v) is 11.7. The minimum absolute atomic E-state index is 0.427. The topological polar surface area (TPSA) is 48.8 Å². The van der Waals surface area contributed by atoms with Crippen LogP contribution in [0.15, 0.2) is 211 Å². The van der Waals surface area contributed by atoms with Crippen LogP contribution < -0.4 is 0 Å². The van der Waals surface area contributed by atoms with Crippen LogP contribution in [0.2, 0.25) is 0 Å². The molecule has 0 aliphatic heterocycles. The Kier molecular flexibility index (Phi) is 6.56. The summed E-state index contributed by atoms with van der Waals surface area (Å²) in [5.74, 6) is 1.29. The first-order valence-electron chi connectivity index (χ1n) is 21.9. The molecule has 64 heavy (non-hydrogen) atoms. The van der Waals surface area contributed by atoms with Gasteiger partial charge < -0.3 is 4.42 Å². The van der Waals surface area contributed by atoms with Crippen LogP contribution in [0.5, 0.6) is 0 Å². The summed E-state index contributed by atoms with van der Waals surface area (Å²) in [6.45, 7) is 0. The first kappa shape index (κ1) is 34.1. The Labute approximate surface area is 366 Å². The zero-order valence-corrected chi connectivity index (χ0v) is 34.3. The number of para-hydroxylation sites is 4. The highest BCUT2D eigenvalue weighted by molar-refractivity contribution is 6.13. The van der Waals surface area contributed by atoms with E-state index in [2.05, 4.69) is 215 Å². The lowest BCUT2D eigenvalue weighted by Crippen LogP contribution is -2.25. The van der Waals surface area contributed by atoms with Gasteiger partial charge in [-0.1, -0.05) is 170 Å². The second kappa shape index (κ2) is 12.3. The number of furan rings is 1. The number of hydrogen-bond donors (Lipinski definition) is 0. The van der Waals surface area contributed by atoms with Crippen molar-refractivity contribution in [1.29, 1.82) is 0 Å². The van der Waals surface area contributed by atoms with Crippen molar-refractivity contribution in [1.82, 2.24) is 19.1 Å². The van der Waals surface area contributed by atoms with Gasteiger partial charge in [0.1, 0.15) is 11.1 Å². The third-order valence-electron chi connectivity index (χ3n) is 14.2. The minimum atomic E-state index is -0.427. The third kappa shape index (κ3) is 4.19. The first-order valence-corrected chi connectivity index (χ1v) is 21.9. The molecular weight excluding hydrogens is 781 g/mol. The largest absolute Gasteiger partial charge is 0.450 e. The highest BCUT2D eigenvalue weighted by Crippen LogP contribution is 2.64. The van der Waals surface area contributed by atoms with Crippen molar-refractivity contribution < 1.29 is 4.42 Å². The van der Waals surface area contributed by atoms with E-state index < -0.39 is 5.41 Å². The summed E-state index contributed by atoms with van der Waals surface area (Å²) < 4.78 is 11.5. The van der Waals surface area contributed by atoms with Gasteiger partial charge >= 0.3 is 0 Å². The fourth-order valence-electron chi connectivity index (χ4n) is 11.7. The van der Waals surface area contributed by atoms with E-state index >= 15 is 0 Å². The van der Waals surface area contributed by atoms with Crippen LogP contribution in [0.3, 0.4) is 0 Å². The molecule has 2 aliphatic carbocycles. The summed E-state index contributed by atoms with van der Waals surface area (Å²) in [6, 6.07) is 74.7. The van der Waals surface area contributed by atoms with E-state index in [0.29, 0.717) is 17.3 Å². The molecule has 5 nitrogen and oxygen atoms in total. The maximum Gasteiger partial charge on any atom is 0.237 e. The van der Waals surface area contributed by atoms with Gasteiger partial charge in [0, 0.05) is 26.9 Å². The monoisotopic (exact) mass is 814 g/mol. The molecule has 0 radical (unpaired) electrons. The molecule has 0 unspecified atom stereocenters. The Balaban J connectivity index is 1.03. The summed E-state index contributed by atoms with van der Waals surface area (Å²) in [4.78, 5) is 11.1. The van der Waals surface area contributed by atoms with E-state index in [0.717, 1.165) is 65.7 Å². The van der Waals surface area contributed by atoms with Gasteiger partial charge in [0.15, 0.2) is 11.4 Å². The smallest absolute Gasteiger partial charge is 0.237 e. The van der Waals surface area contributed by atoms with E-state index in [1.807, 2.05) is 0 Å². The van der Waals surface area contributed by atoms with Crippen molar-refractivity contribution in [2.45, 2.75) is 5.41 Å². The summed E-state index contributed by atoms with van der Waals surface area (Å²) in [5.41, 5.74) is 18.7. The Morgan fingerprint density at radius 2 is 0.844 bits per heavy atom. The second-order valence-corrected chi connectivity index (χ2v) is 17.2. The maximum absolute atomic E-state index is 6.99. The van der Waals surface area contributed by atoms with Crippen LogP contribution in [-0.2, 0) is 5.41 Å². The quantitative estimate of drug-likeness (QED) is 0.178. The molecule has 0 saturated carbocycles. The molecular formula is C59H34N4O. The van der Waals surface area contributed by atoms with Crippen molar-refractivity contribution in [2.24, 2.45) is 0 Å². The highest BCUT2D eigenvalue weighted by atomic mass is 16.3. The van der Waals surface area contributed by atoms with Gasteiger partial charge in [0.2, 0.25) is 5.95 Å². The van der Waals surface area contributed by atoms with Gasteiger partial charge in [-0.05, 0) is 92.0 Å². The van der Waals surface area contributed by atoms with E-state index in [9.17, 15) is 0 Å². The van der Waals surface area contributed by atoms with Crippen LogP contribution in [0.4, 0.5) is 0 Å². The summed E-state index contributed by atoms with van der Waals surface area (Å²) in [6.07, 6.45) is 0. The third-order valence-corrected chi connectivity index (χ3v) is 14.2. The SMILES string of the molecule is c1ccc2c(c1)-c1ccccc1C21c2ccccc2-c2c(-c3ccc4oc5c(-n6c7ccccc7c7ccccc76)nc(-n6c7ccccc7c7ccccc76)nc5c4c3)cccc21. The summed E-state index contributed by atoms with van der Waals surface area (Å²) in [5, 5.41) is 5.57. The molecule has 15 rings (SSSR count). The number of nitrogens with zero attached hydrogens (tertiary/aromatic N) is 4. The van der Waals surface area contributed by atoms with Gasteiger partial charge in [-0.15, -0.1) is 0 Å². The van der Waals surface area contributed by atoms with E-state index in [-0.39, 0.29) is 0 Å². The van der Waals surface area contributed by atoms with Crippen LogP contribution in [0.1, 0.15) is 22.3 Å². The van der Waals surface area contributed by atoms with E-state index in [1.54, 1.807) is 0 Å².